The fourth-order valence-corrected chi connectivity index (χ4v) is 1.99. The Kier molecular flexibility index (Phi) is 3.39. The molecule has 1 aromatic carbocycles. The Balaban J connectivity index is 1.97. The van der Waals surface area contributed by atoms with Crippen LogP contribution in [0.5, 0.6) is 5.75 Å². The van der Waals surface area contributed by atoms with Gasteiger partial charge < -0.3 is 10.1 Å². The standard InChI is InChI=1S/C11H13Cl2NO/c1-14-7-5-8(6-7)15-10-4-2-3-9(12)11(10)13/h2-4,7-8,14H,5-6H2,1H3. The van der Waals surface area contributed by atoms with Gasteiger partial charge in [-0.15, -0.1) is 0 Å². The first-order valence-corrected chi connectivity index (χ1v) is 5.74. The number of hydrogen-bond acceptors (Lipinski definition) is 2. The van der Waals surface area contributed by atoms with Crippen molar-refractivity contribution in [3.8, 4) is 5.75 Å². The molecule has 0 aliphatic heterocycles. The lowest BCUT2D eigenvalue weighted by Gasteiger charge is -2.35. The quantitative estimate of drug-likeness (QED) is 0.884. The van der Waals surface area contributed by atoms with E-state index in [0.717, 1.165) is 12.8 Å². The largest absolute Gasteiger partial charge is 0.489 e. The molecule has 0 spiro atoms. The van der Waals surface area contributed by atoms with E-state index in [4.69, 9.17) is 27.9 Å². The maximum atomic E-state index is 6.02. The second-order valence-electron chi connectivity index (χ2n) is 3.75. The lowest BCUT2D eigenvalue weighted by Crippen LogP contribution is -2.45. The van der Waals surface area contributed by atoms with Crippen LogP contribution in [0.4, 0.5) is 0 Å². The van der Waals surface area contributed by atoms with Crippen LogP contribution in [-0.4, -0.2) is 19.2 Å². The molecule has 1 aromatic rings. The van der Waals surface area contributed by atoms with Crippen LogP contribution in [0.25, 0.3) is 0 Å². The fourth-order valence-electron chi connectivity index (χ4n) is 1.65. The number of hydrogen-bond donors (Lipinski definition) is 1. The Morgan fingerprint density at radius 2 is 2.07 bits per heavy atom. The average Bonchev–Trinajstić information content (AvgIpc) is 2.17. The highest BCUT2D eigenvalue weighted by atomic mass is 35.5. The Morgan fingerprint density at radius 1 is 1.33 bits per heavy atom. The molecule has 2 rings (SSSR count). The number of benzene rings is 1. The molecule has 0 heterocycles. The number of rotatable bonds is 3. The van der Waals surface area contributed by atoms with Gasteiger partial charge in [0.1, 0.15) is 16.9 Å². The van der Waals surface area contributed by atoms with Crippen LogP contribution in [0.3, 0.4) is 0 Å². The van der Waals surface area contributed by atoms with Crippen molar-refractivity contribution in [1.29, 1.82) is 0 Å². The maximum absolute atomic E-state index is 6.02. The molecule has 4 heteroatoms. The Labute approximate surface area is 99.5 Å². The van der Waals surface area contributed by atoms with E-state index in [0.29, 0.717) is 21.8 Å². The number of nitrogens with one attached hydrogen (secondary N) is 1. The third-order valence-electron chi connectivity index (χ3n) is 2.71. The van der Waals surface area contributed by atoms with Crippen molar-refractivity contribution >= 4 is 23.2 Å². The maximum Gasteiger partial charge on any atom is 0.139 e. The van der Waals surface area contributed by atoms with Crippen LogP contribution in [-0.2, 0) is 0 Å². The first kappa shape index (κ1) is 11.1. The van der Waals surface area contributed by atoms with Crippen molar-refractivity contribution < 1.29 is 4.74 Å². The van der Waals surface area contributed by atoms with Crippen molar-refractivity contribution in [1.82, 2.24) is 5.32 Å². The van der Waals surface area contributed by atoms with Gasteiger partial charge >= 0.3 is 0 Å². The number of halogens is 2. The monoisotopic (exact) mass is 245 g/mol. The highest BCUT2D eigenvalue weighted by Crippen LogP contribution is 2.34. The lowest BCUT2D eigenvalue weighted by molar-refractivity contribution is 0.0886. The molecule has 1 saturated carbocycles. The molecular formula is C11H13Cl2NO. The molecule has 1 N–H and O–H groups in total. The molecule has 2 nitrogen and oxygen atoms in total. The van der Waals surface area contributed by atoms with Gasteiger partial charge in [0.25, 0.3) is 0 Å². The van der Waals surface area contributed by atoms with Crippen LogP contribution >= 0.6 is 23.2 Å². The summed E-state index contributed by atoms with van der Waals surface area (Å²) in [5, 5.41) is 4.25. The van der Waals surface area contributed by atoms with E-state index in [9.17, 15) is 0 Å². The topological polar surface area (TPSA) is 21.3 Å². The van der Waals surface area contributed by atoms with Crippen LogP contribution in [0.1, 0.15) is 12.8 Å². The summed E-state index contributed by atoms with van der Waals surface area (Å²) in [7, 11) is 1.97. The summed E-state index contributed by atoms with van der Waals surface area (Å²) < 4.78 is 5.74. The first-order valence-electron chi connectivity index (χ1n) is 4.98. The fraction of sp³-hybridized carbons (Fsp3) is 0.455. The Bertz CT molecular complexity index is 350. The van der Waals surface area contributed by atoms with Crippen LogP contribution in [0, 0.1) is 0 Å². The Morgan fingerprint density at radius 3 is 2.73 bits per heavy atom. The highest BCUT2D eigenvalue weighted by molar-refractivity contribution is 6.42. The second-order valence-corrected chi connectivity index (χ2v) is 4.53. The van der Waals surface area contributed by atoms with Gasteiger partial charge in [0.05, 0.1) is 5.02 Å². The molecule has 0 radical (unpaired) electrons. The molecule has 1 aliphatic rings. The first-order chi connectivity index (χ1) is 7.20. The molecule has 0 amide bonds. The average molecular weight is 246 g/mol. The van der Waals surface area contributed by atoms with Crippen molar-refractivity contribution in [2.24, 2.45) is 0 Å². The van der Waals surface area contributed by atoms with Crippen LogP contribution in [0.2, 0.25) is 10.0 Å². The lowest BCUT2D eigenvalue weighted by atomic mass is 9.89. The zero-order chi connectivity index (χ0) is 10.8. The third-order valence-corrected chi connectivity index (χ3v) is 3.51. The zero-order valence-corrected chi connectivity index (χ0v) is 9.98. The molecule has 15 heavy (non-hydrogen) atoms. The summed E-state index contributed by atoms with van der Waals surface area (Å²) in [6, 6.07) is 6.03. The minimum Gasteiger partial charge on any atom is -0.489 e. The van der Waals surface area contributed by atoms with Crippen molar-refractivity contribution in [3.63, 3.8) is 0 Å². The molecule has 1 aliphatic carbocycles. The molecule has 82 valence electrons. The minimum absolute atomic E-state index is 0.262. The summed E-state index contributed by atoms with van der Waals surface area (Å²) >= 11 is 11.9. The SMILES string of the molecule is CNC1CC(Oc2cccc(Cl)c2Cl)C1. The van der Waals surface area contributed by atoms with E-state index in [1.807, 2.05) is 19.2 Å². The highest BCUT2D eigenvalue weighted by Gasteiger charge is 2.29. The smallest absolute Gasteiger partial charge is 0.139 e. The van der Waals surface area contributed by atoms with Gasteiger partial charge in [0.2, 0.25) is 0 Å². The molecule has 0 aromatic heterocycles. The van der Waals surface area contributed by atoms with Gasteiger partial charge in [-0.05, 0) is 32.0 Å². The van der Waals surface area contributed by atoms with Gasteiger partial charge in [-0.3, -0.25) is 0 Å². The molecule has 0 atom stereocenters. The summed E-state index contributed by atoms with van der Waals surface area (Å²) in [6.45, 7) is 0. The third kappa shape index (κ3) is 2.39. The van der Waals surface area contributed by atoms with E-state index in [2.05, 4.69) is 5.32 Å². The van der Waals surface area contributed by atoms with Gasteiger partial charge in [-0.25, -0.2) is 0 Å². The summed E-state index contributed by atoms with van der Waals surface area (Å²) in [5.41, 5.74) is 0. The van der Waals surface area contributed by atoms with E-state index in [1.54, 1.807) is 6.07 Å². The second kappa shape index (κ2) is 4.60. The molecule has 0 bridgehead atoms. The van der Waals surface area contributed by atoms with E-state index < -0.39 is 0 Å². The minimum atomic E-state index is 0.262. The molecular weight excluding hydrogens is 233 g/mol. The van der Waals surface area contributed by atoms with Gasteiger partial charge in [-0.1, -0.05) is 29.3 Å². The molecule has 1 fully saturated rings. The zero-order valence-electron chi connectivity index (χ0n) is 8.47. The predicted octanol–water partition coefficient (Wildman–Crippen LogP) is 3.12. The molecule has 0 saturated heterocycles. The van der Waals surface area contributed by atoms with Gasteiger partial charge in [0, 0.05) is 6.04 Å². The molecule has 0 unspecified atom stereocenters. The van der Waals surface area contributed by atoms with Crippen molar-refractivity contribution in [3.05, 3.63) is 28.2 Å². The summed E-state index contributed by atoms with van der Waals surface area (Å²) in [5.74, 6) is 0.684. The predicted molar refractivity (Wildman–Crippen MR) is 63.0 cm³/mol. The van der Waals surface area contributed by atoms with E-state index in [-0.39, 0.29) is 6.10 Å². The number of ether oxygens (including phenoxy) is 1. The Hall–Kier alpha value is -0.440. The van der Waals surface area contributed by atoms with E-state index in [1.165, 1.54) is 0 Å². The van der Waals surface area contributed by atoms with Crippen molar-refractivity contribution in [2.75, 3.05) is 7.05 Å². The van der Waals surface area contributed by atoms with E-state index >= 15 is 0 Å². The van der Waals surface area contributed by atoms with Crippen LogP contribution < -0.4 is 10.1 Å². The van der Waals surface area contributed by atoms with Gasteiger partial charge in [0.15, 0.2) is 0 Å². The normalized spacial score (nSPS) is 24.7. The van der Waals surface area contributed by atoms with Crippen molar-refractivity contribution in [2.45, 2.75) is 25.0 Å². The van der Waals surface area contributed by atoms with Gasteiger partial charge in [-0.2, -0.15) is 0 Å². The summed E-state index contributed by atoms with van der Waals surface area (Å²) in [4.78, 5) is 0. The van der Waals surface area contributed by atoms with Crippen LogP contribution in [0.15, 0.2) is 18.2 Å². The summed E-state index contributed by atoms with van der Waals surface area (Å²) in [6.07, 6.45) is 2.32.